The zero-order valence-electron chi connectivity index (χ0n) is 30.3. The van der Waals surface area contributed by atoms with Gasteiger partial charge in [-0.05, 0) is 121 Å². The highest BCUT2D eigenvalue weighted by atomic mass is 19.4. The summed E-state index contributed by atoms with van der Waals surface area (Å²) in [6, 6.07) is 22.9. The van der Waals surface area contributed by atoms with Crippen LogP contribution in [0.3, 0.4) is 0 Å². The average Bonchev–Trinajstić information content (AvgIpc) is 3.77. The summed E-state index contributed by atoms with van der Waals surface area (Å²) in [5.74, 6) is -0.336. The Kier molecular flexibility index (Phi) is 9.83. The molecule has 4 nitrogen and oxygen atoms in total. The van der Waals surface area contributed by atoms with E-state index < -0.39 is 40.8 Å². The maximum atomic E-state index is 13.9. The first-order chi connectivity index (χ1) is 27.9. The van der Waals surface area contributed by atoms with Gasteiger partial charge in [-0.2, -0.15) is 59.7 Å². The van der Waals surface area contributed by atoms with Crippen LogP contribution in [0, 0.1) is 42.7 Å². The molecule has 5 aromatic carbocycles. The van der Waals surface area contributed by atoms with Crippen molar-refractivity contribution in [1.29, 1.82) is 10.5 Å². The van der Waals surface area contributed by atoms with Crippen molar-refractivity contribution in [3.63, 3.8) is 0 Å². The van der Waals surface area contributed by atoms with E-state index in [9.17, 15) is 50.0 Å². The van der Waals surface area contributed by atoms with Gasteiger partial charge in [-0.3, -0.25) is 0 Å². The molecule has 0 bridgehead atoms. The van der Waals surface area contributed by atoms with E-state index in [-0.39, 0.29) is 68.4 Å². The zero-order chi connectivity index (χ0) is 42.6. The summed E-state index contributed by atoms with van der Waals surface area (Å²) in [7, 11) is 0. The lowest BCUT2D eigenvalue weighted by atomic mass is 9.85. The number of aryl methyl sites for hydroxylation is 1. The molecule has 0 aliphatic heterocycles. The molecule has 290 valence electrons. The highest BCUT2D eigenvalue weighted by Crippen LogP contribution is 2.44. The number of hydrogen-bond donors (Lipinski definition) is 0. The number of rotatable bonds is 4. The molecule has 7 rings (SSSR count). The molecule has 0 unspecified atom stereocenters. The Hall–Kier alpha value is -7.35. The summed E-state index contributed by atoms with van der Waals surface area (Å²) < 4.78 is 125. The van der Waals surface area contributed by atoms with Crippen molar-refractivity contribution < 1.29 is 39.5 Å². The van der Waals surface area contributed by atoms with Gasteiger partial charge in [0.15, 0.2) is 0 Å². The molecule has 0 radical (unpaired) electrons. The predicted octanol–water partition coefficient (Wildman–Crippen LogP) is 11.3. The Balaban J connectivity index is 1.80. The number of alkyl halides is 9. The Morgan fingerprint density at radius 3 is 1.17 bits per heavy atom. The van der Waals surface area contributed by atoms with Crippen LogP contribution in [-0.2, 0) is 31.4 Å². The van der Waals surface area contributed by atoms with Gasteiger partial charge in [-0.25, -0.2) is 0 Å². The quantitative estimate of drug-likeness (QED) is 0.103. The second-order valence-corrected chi connectivity index (χ2v) is 13.8. The third-order valence-electron chi connectivity index (χ3n) is 10.4. The van der Waals surface area contributed by atoms with Gasteiger partial charge in [-0.15, -0.1) is 0 Å². The molecule has 0 heterocycles. The lowest BCUT2D eigenvalue weighted by Gasteiger charge is -2.18. The molecule has 5 aromatic rings. The molecule has 2 aliphatic carbocycles. The molecule has 59 heavy (non-hydrogen) atoms. The van der Waals surface area contributed by atoms with Crippen LogP contribution in [0.25, 0.3) is 43.1 Å². The van der Waals surface area contributed by atoms with Crippen LogP contribution in [0.1, 0.15) is 44.5 Å². The van der Waals surface area contributed by atoms with Crippen molar-refractivity contribution in [1.82, 2.24) is 0 Å². The lowest BCUT2D eigenvalue weighted by Crippen LogP contribution is -2.25. The molecule has 13 heteroatoms. The fraction of sp³-hybridized carbons (Fsp3) is 0.130. The molecular formula is C46H23F9N4. The van der Waals surface area contributed by atoms with Gasteiger partial charge in [0.2, 0.25) is 0 Å². The number of nitriles is 2. The predicted molar refractivity (Wildman–Crippen MR) is 200 cm³/mol. The first-order valence-electron chi connectivity index (χ1n) is 17.5. The first-order valence-corrected chi connectivity index (χ1v) is 17.5. The van der Waals surface area contributed by atoms with Crippen LogP contribution in [0.5, 0.6) is 0 Å². The van der Waals surface area contributed by atoms with E-state index in [4.69, 9.17) is 13.1 Å². The highest BCUT2D eigenvalue weighted by Gasteiger charge is 2.38. The minimum Gasteiger partial charge on any atom is -0.192 e. The average molecular weight is 803 g/mol. The summed E-state index contributed by atoms with van der Waals surface area (Å²) >= 11 is 0. The summed E-state index contributed by atoms with van der Waals surface area (Å²) in [6.45, 7) is 17.7. The second kappa shape index (κ2) is 14.5. The number of nitrogens with zero attached hydrogens (tertiary/aromatic N) is 4. The third kappa shape index (κ3) is 7.02. The fourth-order valence-corrected chi connectivity index (χ4v) is 7.79. The number of benzene rings is 5. The minimum absolute atomic E-state index is 0.0745. The van der Waals surface area contributed by atoms with Crippen molar-refractivity contribution >= 4 is 11.1 Å². The van der Waals surface area contributed by atoms with Crippen LogP contribution < -0.4 is 10.4 Å². The van der Waals surface area contributed by atoms with Gasteiger partial charge in [0.1, 0.15) is 30.9 Å². The van der Waals surface area contributed by atoms with Crippen LogP contribution >= 0.6 is 0 Å². The Morgan fingerprint density at radius 1 is 0.508 bits per heavy atom. The van der Waals surface area contributed by atoms with Crippen LogP contribution in [0.4, 0.5) is 39.5 Å². The largest absolute Gasteiger partial charge is 0.523 e. The van der Waals surface area contributed by atoms with E-state index in [1.807, 2.05) is 19.1 Å². The molecule has 0 N–H and O–H groups in total. The number of hydrogen-bond acceptors (Lipinski definition) is 2. The molecule has 0 saturated heterocycles. The van der Waals surface area contributed by atoms with Gasteiger partial charge in [-0.1, -0.05) is 66.2 Å². The highest BCUT2D eigenvalue weighted by molar-refractivity contribution is 5.98. The standard InChI is InChI=1S/C46H23F9N4/c1-24-4-6-25(7-5-24)40-36(43(58-2)59-3)21-35-39(28-12-18-32(19-13-28)46(53,54)55)41-34(38(42(35)40)27-10-16-31(17-11-27)45(50,51)52)20-33(29(22-56)23-57)37(41)26-8-14-30(15-9-26)44(47,48)49/h4-19H,20-21H2,1H3. The summed E-state index contributed by atoms with van der Waals surface area (Å²) in [4.78, 5) is 7.00. The molecule has 0 aromatic heterocycles. The Morgan fingerprint density at radius 2 is 0.831 bits per heavy atom. The van der Waals surface area contributed by atoms with Gasteiger partial charge in [0, 0.05) is 6.42 Å². The van der Waals surface area contributed by atoms with Crippen molar-refractivity contribution in [3.8, 4) is 34.4 Å². The zero-order valence-corrected chi connectivity index (χ0v) is 30.3. The van der Waals surface area contributed by atoms with E-state index in [2.05, 4.69) is 9.69 Å². The fourth-order valence-electron chi connectivity index (χ4n) is 7.79. The Labute approximate surface area is 330 Å². The van der Waals surface area contributed by atoms with Crippen molar-refractivity contribution in [2.45, 2.75) is 38.3 Å². The van der Waals surface area contributed by atoms with Crippen LogP contribution in [0.2, 0.25) is 0 Å². The molecule has 0 saturated carbocycles. The number of fused-ring (bicyclic) bond motifs is 2. The third-order valence-corrected chi connectivity index (χ3v) is 10.4. The SMILES string of the molecule is [C-]#[N+]C([N+]#[C-])=C1Cc2c(-c3ccc(C(F)(F)F)cc3)c3c(c(-c4ccc(C(F)(F)F)cc4)c2=C1c1ccc(C)cc1)CC(=C(C#N)C#N)C=3c1ccc(C(F)(F)F)cc1. The summed E-state index contributed by atoms with van der Waals surface area (Å²) in [5.41, 5.74) is 0.461. The van der Waals surface area contributed by atoms with Crippen molar-refractivity contribution in [2.75, 3.05) is 0 Å². The summed E-state index contributed by atoms with van der Waals surface area (Å²) in [5, 5.41) is 21.0. The second-order valence-electron chi connectivity index (χ2n) is 13.8. The Bertz CT molecular complexity index is 2910. The molecule has 0 atom stereocenters. The normalized spacial score (nSPS) is 13.6. The molecule has 0 amide bonds. The number of allylic oxidation sites excluding steroid dienone is 3. The van der Waals surface area contributed by atoms with Crippen LogP contribution in [0.15, 0.2) is 120 Å². The monoisotopic (exact) mass is 802 g/mol. The van der Waals surface area contributed by atoms with Gasteiger partial charge >= 0.3 is 24.3 Å². The number of halogens is 9. The topological polar surface area (TPSA) is 56.3 Å². The van der Waals surface area contributed by atoms with Gasteiger partial charge in [0.05, 0.1) is 22.3 Å². The molecule has 2 aliphatic rings. The first kappa shape index (κ1) is 39.9. The maximum Gasteiger partial charge on any atom is 0.523 e. The van der Waals surface area contributed by atoms with Crippen molar-refractivity contribution in [3.05, 3.63) is 197 Å². The van der Waals surface area contributed by atoms with E-state index in [1.165, 1.54) is 24.3 Å². The van der Waals surface area contributed by atoms with E-state index >= 15 is 0 Å². The van der Waals surface area contributed by atoms with E-state index in [1.54, 1.807) is 24.3 Å². The molecular weight excluding hydrogens is 780 g/mol. The minimum atomic E-state index is -4.74. The van der Waals surface area contributed by atoms with Crippen LogP contribution in [-0.4, -0.2) is 0 Å². The van der Waals surface area contributed by atoms with Gasteiger partial charge in [0.25, 0.3) is 0 Å². The van der Waals surface area contributed by atoms with Crippen molar-refractivity contribution in [2.24, 2.45) is 0 Å². The summed E-state index contributed by atoms with van der Waals surface area (Å²) in [6.07, 6.45) is -14.6. The maximum absolute atomic E-state index is 13.9. The van der Waals surface area contributed by atoms with E-state index in [0.29, 0.717) is 27.5 Å². The molecule has 0 fully saturated rings. The lowest BCUT2D eigenvalue weighted by molar-refractivity contribution is -0.138. The smallest absolute Gasteiger partial charge is 0.192 e. The van der Waals surface area contributed by atoms with Gasteiger partial charge < -0.3 is 0 Å². The van der Waals surface area contributed by atoms with E-state index in [0.717, 1.165) is 54.1 Å². The molecule has 0 spiro atoms.